The summed E-state index contributed by atoms with van der Waals surface area (Å²) in [5.74, 6) is 0.901. The van der Waals surface area contributed by atoms with Gasteiger partial charge in [0.25, 0.3) is 7.37 Å². The molecule has 0 aliphatic carbocycles. The highest BCUT2D eigenvalue weighted by Crippen LogP contribution is 2.66. The molecule has 0 N–H and O–H groups in total. The van der Waals surface area contributed by atoms with Crippen LogP contribution in [0.25, 0.3) is 11.1 Å². The summed E-state index contributed by atoms with van der Waals surface area (Å²) in [6.45, 7) is 18.8. The van der Waals surface area contributed by atoms with E-state index in [9.17, 15) is 14.4 Å². The van der Waals surface area contributed by atoms with Crippen LogP contribution in [0.5, 0.6) is 5.75 Å². The van der Waals surface area contributed by atoms with E-state index in [-0.39, 0.29) is 0 Å². The molecular weight excluding hydrogens is 814 g/mol. The van der Waals surface area contributed by atoms with Gasteiger partial charge in [-0.05, 0) is 131 Å². The molecule has 1 heterocycles. The number of nitrogens with zero attached hydrogens (tertiary/aromatic N) is 3. The molecule has 0 saturated heterocycles. The van der Waals surface area contributed by atoms with E-state index >= 15 is 4.57 Å². The highest BCUT2D eigenvalue weighted by molar-refractivity contribution is 7.68. The fourth-order valence-electron chi connectivity index (χ4n) is 8.93. The number of para-hydroxylation sites is 1. The molecule has 8 nitrogen and oxygen atoms in total. The van der Waals surface area contributed by atoms with Crippen LogP contribution in [0.1, 0.15) is 117 Å². The minimum absolute atomic E-state index is 0.332. The topological polar surface area (TPSA) is 116 Å². The second kappa shape index (κ2) is 17.8. The summed E-state index contributed by atoms with van der Waals surface area (Å²) in [7, 11) is -3.63. The van der Waals surface area contributed by atoms with E-state index < -0.39 is 23.4 Å². The van der Waals surface area contributed by atoms with E-state index in [1.807, 2.05) is 92.7 Å². The van der Waals surface area contributed by atoms with Gasteiger partial charge < -0.3 is 4.52 Å². The van der Waals surface area contributed by atoms with Crippen LogP contribution < -0.4 is 14.5 Å². The highest BCUT2D eigenvalue weighted by Gasteiger charge is 2.50. The lowest BCUT2D eigenvalue weighted by atomic mass is 9.73. The molecule has 64 heavy (non-hydrogen) atoms. The van der Waals surface area contributed by atoms with Gasteiger partial charge >= 0.3 is 12.3 Å². The SMILES string of the molecule is Cc1ccc(C(C)(C)c2ccc(N=C=O)c(CC(C)(C)c3cc(C(C)(C)P4(=O)Oc5ccccc5-c5ccccc54)ccc3N=C=O)c2)cc1Cc1cc(C(C)C)ccc1C=[N+]=C=O. The second-order valence-corrected chi connectivity index (χ2v) is 21.5. The molecule has 0 bridgehead atoms. The average Bonchev–Trinajstić information content (AvgIpc) is 3.27. The van der Waals surface area contributed by atoms with Crippen molar-refractivity contribution in [1.29, 1.82) is 0 Å². The molecule has 1 aliphatic heterocycles. The largest absolute Gasteiger partial charge is 0.567 e. The number of aryl methyl sites for hydroxylation is 1. The van der Waals surface area contributed by atoms with Gasteiger partial charge in [0.1, 0.15) is 5.75 Å². The molecule has 0 amide bonds. The van der Waals surface area contributed by atoms with Gasteiger partial charge in [-0.25, -0.2) is 9.59 Å². The minimum atomic E-state index is -3.63. The van der Waals surface area contributed by atoms with E-state index in [1.54, 1.807) is 30.5 Å². The summed E-state index contributed by atoms with van der Waals surface area (Å²) in [6, 6.07) is 39.8. The van der Waals surface area contributed by atoms with Gasteiger partial charge in [-0.3, -0.25) is 4.57 Å². The molecule has 1 atom stereocenters. The normalized spacial score (nSPS) is 14.5. The molecule has 7 rings (SSSR count). The lowest BCUT2D eigenvalue weighted by molar-refractivity contribution is 0.455. The van der Waals surface area contributed by atoms with Crippen LogP contribution in [0.2, 0.25) is 0 Å². The van der Waals surface area contributed by atoms with Gasteiger partial charge in [-0.2, -0.15) is 9.98 Å². The molecule has 1 aliphatic rings. The van der Waals surface area contributed by atoms with Gasteiger partial charge in [0.2, 0.25) is 12.2 Å². The van der Waals surface area contributed by atoms with Crippen molar-refractivity contribution in [2.45, 2.75) is 97.1 Å². The number of aliphatic imine (C=N–C) groups is 2. The summed E-state index contributed by atoms with van der Waals surface area (Å²) in [5, 5.41) is -0.367. The second-order valence-electron chi connectivity index (χ2n) is 18.7. The zero-order chi connectivity index (χ0) is 46.0. The van der Waals surface area contributed by atoms with Crippen LogP contribution in [0, 0.1) is 6.92 Å². The van der Waals surface area contributed by atoms with E-state index in [0.29, 0.717) is 41.2 Å². The molecule has 322 valence electrons. The lowest BCUT2D eigenvalue weighted by Crippen LogP contribution is -2.31. The zero-order valence-corrected chi connectivity index (χ0v) is 38.8. The van der Waals surface area contributed by atoms with Crippen LogP contribution in [0.3, 0.4) is 0 Å². The van der Waals surface area contributed by atoms with E-state index in [1.165, 1.54) is 5.56 Å². The monoisotopic (exact) mass is 866 g/mol. The molecule has 0 fully saturated rings. The number of rotatable bonds is 13. The summed E-state index contributed by atoms with van der Waals surface area (Å²) in [6.07, 6.45) is 7.74. The number of hydrogen-bond donors (Lipinski definition) is 0. The van der Waals surface area contributed by atoms with Crippen molar-refractivity contribution in [3.05, 3.63) is 177 Å². The van der Waals surface area contributed by atoms with E-state index in [4.69, 9.17) is 4.52 Å². The Bertz CT molecular complexity index is 3050. The Labute approximate surface area is 376 Å². The van der Waals surface area contributed by atoms with Gasteiger partial charge in [0.05, 0.1) is 27.4 Å². The van der Waals surface area contributed by atoms with Crippen LogP contribution in [0.15, 0.2) is 131 Å². The summed E-state index contributed by atoms with van der Waals surface area (Å²) in [5.41, 5.74) is 11.4. The fourth-order valence-corrected chi connectivity index (χ4v) is 11.6. The van der Waals surface area contributed by atoms with Crippen LogP contribution in [-0.4, -0.2) is 24.5 Å². The first-order valence-electron chi connectivity index (χ1n) is 21.5. The Hall–Kier alpha value is -6.73. The number of carbonyl (C=O) groups excluding carboxylic acids is 3. The van der Waals surface area contributed by atoms with Crippen LogP contribution in [-0.2, 0) is 47.8 Å². The average molecular weight is 867 g/mol. The Kier molecular flexibility index (Phi) is 12.6. The molecule has 9 heteroatoms. The van der Waals surface area contributed by atoms with Gasteiger partial charge in [-0.15, -0.1) is 4.79 Å². The summed E-state index contributed by atoms with van der Waals surface area (Å²) in [4.78, 5) is 43.1. The van der Waals surface area contributed by atoms with Crippen molar-refractivity contribution < 1.29 is 23.5 Å². The first-order valence-corrected chi connectivity index (χ1v) is 23.1. The number of isocyanates is 3. The van der Waals surface area contributed by atoms with E-state index in [0.717, 1.165) is 61.2 Å². The Balaban J connectivity index is 1.27. The van der Waals surface area contributed by atoms with Crippen molar-refractivity contribution in [2.24, 2.45) is 9.98 Å². The third-order valence-corrected chi connectivity index (χ3v) is 16.3. The first-order chi connectivity index (χ1) is 30.4. The minimum Gasteiger partial charge on any atom is -0.439 e. The van der Waals surface area contributed by atoms with Crippen molar-refractivity contribution in [3.8, 4) is 16.9 Å². The number of fused-ring (bicyclic) bond motifs is 3. The molecule has 0 radical (unpaired) electrons. The van der Waals surface area contributed by atoms with Crippen molar-refractivity contribution in [1.82, 2.24) is 4.67 Å². The van der Waals surface area contributed by atoms with E-state index in [2.05, 4.69) is 99.5 Å². The standard InChI is InChI=1S/C55H53N3O5P/c1-36(2)38-19-20-39(32-56-33-59)41(26-38)27-40-28-43(21-18-37(40)3)54(6,7)44-22-24-49(57-34-60)42(29-44)31-53(4,5)48-30-45(23-25-50(48)58-35-61)55(8,9)64(62)52-17-13-11-15-47(52)46-14-10-12-16-51(46)63-64/h10-26,28-30,32,36H,27,31H2,1-9H3/q+1. The van der Waals surface area contributed by atoms with Crippen molar-refractivity contribution in [2.75, 3.05) is 0 Å². The number of benzene rings is 6. The maximum Gasteiger partial charge on any atom is 0.567 e. The third-order valence-electron chi connectivity index (χ3n) is 13.1. The molecule has 1 unspecified atom stereocenters. The highest BCUT2D eigenvalue weighted by atomic mass is 31.2. The predicted molar refractivity (Wildman–Crippen MR) is 258 cm³/mol. The molecule has 0 spiro atoms. The quantitative estimate of drug-likeness (QED) is 0.0496. The zero-order valence-electron chi connectivity index (χ0n) is 37.9. The van der Waals surface area contributed by atoms with Crippen LogP contribution >= 0.6 is 7.37 Å². The Morgan fingerprint density at radius 3 is 2.02 bits per heavy atom. The predicted octanol–water partition coefficient (Wildman–Crippen LogP) is 12.2. The van der Waals surface area contributed by atoms with Crippen molar-refractivity contribution in [3.63, 3.8) is 0 Å². The maximum atomic E-state index is 15.5. The third kappa shape index (κ3) is 8.51. The maximum absolute atomic E-state index is 15.5. The van der Waals surface area contributed by atoms with Gasteiger partial charge in [0, 0.05) is 15.6 Å². The van der Waals surface area contributed by atoms with Crippen molar-refractivity contribution >= 4 is 48.5 Å². The Morgan fingerprint density at radius 1 is 0.688 bits per heavy atom. The lowest BCUT2D eigenvalue weighted by Gasteiger charge is -2.39. The van der Waals surface area contributed by atoms with Gasteiger partial charge in [-0.1, -0.05) is 133 Å². The molecule has 6 aromatic carbocycles. The molecular formula is C55H53N3O5P+. The number of hydrogen-bond acceptors (Lipinski definition) is 7. The molecule has 0 saturated carbocycles. The summed E-state index contributed by atoms with van der Waals surface area (Å²) < 4.78 is 25.9. The molecule has 0 aromatic heterocycles. The fraction of sp³-hybridized carbons (Fsp3) is 0.273. The smallest absolute Gasteiger partial charge is 0.439 e. The Morgan fingerprint density at radius 2 is 1.31 bits per heavy atom. The first kappa shape index (κ1) is 45.3. The van der Waals surface area contributed by atoms with Crippen LogP contribution in [0.4, 0.5) is 11.4 Å². The van der Waals surface area contributed by atoms with Gasteiger partial charge in [0.15, 0.2) is 0 Å². The molecule has 6 aromatic rings. The summed E-state index contributed by atoms with van der Waals surface area (Å²) >= 11 is 0.